The quantitative estimate of drug-likeness (QED) is 0.584. The van der Waals surface area contributed by atoms with E-state index in [4.69, 9.17) is 0 Å². The van der Waals surface area contributed by atoms with Crippen molar-refractivity contribution in [3.63, 3.8) is 0 Å². The molecule has 0 aliphatic heterocycles. The zero-order chi connectivity index (χ0) is 8.49. The van der Waals surface area contributed by atoms with Crippen LogP contribution in [0.1, 0.15) is 77.0 Å². The number of hydrogen-bond acceptors (Lipinski definition) is 0. The highest BCUT2D eigenvalue weighted by molar-refractivity contribution is 5.85. The van der Waals surface area contributed by atoms with Crippen molar-refractivity contribution in [2.45, 2.75) is 77.0 Å². The minimum absolute atomic E-state index is 0. The monoisotopic (exact) mass is 272 g/mol. The first-order valence-corrected chi connectivity index (χ1v) is 6.00. The van der Waals surface area contributed by atoms with Gasteiger partial charge in [-0.1, -0.05) is 77.0 Å². The zero-order valence-electron chi connectivity index (χ0n) is 9.30. The first kappa shape index (κ1) is 21.1. The van der Waals surface area contributed by atoms with E-state index in [9.17, 15) is 0 Å². The Morgan fingerprint density at radius 3 is 0.400 bits per heavy atom. The van der Waals surface area contributed by atoms with E-state index >= 15 is 0 Å². The molecule has 15 heavy (non-hydrogen) atoms. The van der Waals surface area contributed by atoms with Gasteiger partial charge in [-0.2, -0.15) is 0 Å². The standard InChI is InChI=1S/2C6H12.2ClH.H4Si/c2*1-2-4-6-5-3-1;;;/h2*1-6H2;2*1H;1H4. The van der Waals surface area contributed by atoms with Gasteiger partial charge < -0.3 is 0 Å². The molecule has 3 heteroatoms. The molecule has 0 nitrogen and oxygen atoms in total. The van der Waals surface area contributed by atoms with Gasteiger partial charge in [-0.15, -0.1) is 24.8 Å². The molecular weight excluding hydrogens is 243 g/mol. The summed E-state index contributed by atoms with van der Waals surface area (Å²) in [6, 6.07) is 0. The highest BCUT2D eigenvalue weighted by Crippen LogP contribution is 2.15. The lowest BCUT2D eigenvalue weighted by atomic mass is 10.0. The van der Waals surface area contributed by atoms with Crippen molar-refractivity contribution >= 4 is 35.8 Å². The highest BCUT2D eigenvalue weighted by Gasteiger charge is 1.96. The van der Waals surface area contributed by atoms with Gasteiger partial charge in [0, 0.05) is 0 Å². The van der Waals surface area contributed by atoms with Crippen molar-refractivity contribution in [2.24, 2.45) is 0 Å². The van der Waals surface area contributed by atoms with Crippen LogP contribution in [0.25, 0.3) is 0 Å². The van der Waals surface area contributed by atoms with Crippen LogP contribution in [0.3, 0.4) is 0 Å². The molecule has 2 saturated carbocycles. The van der Waals surface area contributed by atoms with Crippen molar-refractivity contribution in [3.8, 4) is 0 Å². The molecule has 0 amide bonds. The van der Waals surface area contributed by atoms with Gasteiger partial charge in [-0.05, 0) is 11.0 Å². The van der Waals surface area contributed by atoms with Crippen LogP contribution in [0, 0.1) is 0 Å². The molecule has 0 saturated heterocycles. The third-order valence-electron chi connectivity index (χ3n) is 3.00. The summed E-state index contributed by atoms with van der Waals surface area (Å²) in [7, 11) is 0. The summed E-state index contributed by atoms with van der Waals surface area (Å²) in [6.45, 7) is 0. The molecule has 0 aromatic carbocycles. The van der Waals surface area contributed by atoms with Gasteiger partial charge in [0.25, 0.3) is 0 Å². The predicted octanol–water partition coefficient (Wildman–Crippen LogP) is 4.07. The molecule has 0 heterocycles. The van der Waals surface area contributed by atoms with E-state index in [-0.39, 0.29) is 35.8 Å². The molecule has 2 aliphatic rings. The van der Waals surface area contributed by atoms with Crippen LogP contribution in [0.4, 0.5) is 0 Å². The Balaban J connectivity index is -0.000000160. The van der Waals surface area contributed by atoms with E-state index in [0.29, 0.717) is 0 Å². The van der Waals surface area contributed by atoms with Crippen molar-refractivity contribution in [2.75, 3.05) is 0 Å². The SMILES string of the molecule is C1CCCCC1.C1CCCCC1.Cl.Cl.[SiH4]. The summed E-state index contributed by atoms with van der Waals surface area (Å²) in [6.07, 6.45) is 18.0. The van der Waals surface area contributed by atoms with Crippen LogP contribution in [-0.2, 0) is 0 Å². The van der Waals surface area contributed by atoms with Gasteiger partial charge in [0.2, 0.25) is 0 Å². The minimum Gasteiger partial charge on any atom is -0.147 e. The summed E-state index contributed by atoms with van der Waals surface area (Å²) < 4.78 is 0. The molecule has 0 aromatic heterocycles. The Bertz CT molecular complexity index is 56.6. The second-order valence-electron chi connectivity index (χ2n) is 4.24. The number of rotatable bonds is 0. The average molecular weight is 273 g/mol. The van der Waals surface area contributed by atoms with Gasteiger partial charge in [-0.25, -0.2) is 0 Å². The van der Waals surface area contributed by atoms with Gasteiger partial charge >= 0.3 is 0 Å². The Morgan fingerprint density at radius 2 is 0.333 bits per heavy atom. The van der Waals surface area contributed by atoms with Crippen molar-refractivity contribution in [3.05, 3.63) is 0 Å². The first-order valence-electron chi connectivity index (χ1n) is 6.00. The van der Waals surface area contributed by atoms with Crippen molar-refractivity contribution in [1.82, 2.24) is 0 Å². The Kier molecular flexibility index (Phi) is 24.2. The lowest BCUT2D eigenvalue weighted by Crippen LogP contribution is -1.85. The smallest absolute Gasteiger partial charge is 0.0149 e. The second-order valence-corrected chi connectivity index (χ2v) is 4.24. The molecule has 0 spiro atoms. The lowest BCUT2D eigenvalue weighted by Gasteiger charge is -2.05. The van der Waals surface area contributed by atoms with Crippen LogP contribution in [0.5, 0.6) is 0 Å². The molecule has 0 aromatic rings. The Morgan fingerprint density at radius 1 is 0.267 bits per heavy atom. The summed E-state index contributed by atoms with van der Waals surface area (Å²) >= 11 is 0. The second kappa shape index (κ2) is 17.2. The van der Waals surface area contributed by atoms with Gasteiger partial charge in [-0.3, -0.25) is 0 Å². The minimum atomic E-state index is 0. The van der Waals surface area contributed by atoms with E-state index < -0.39 is 0 Å². The molecule has 2 fully saturated rings. The van der Waals surface area contributed by atoms with E-state index in [1.54, 1.807) is 0 Å². The maximum Gasteiger partial charge on any atom is -0.0149 e. The fourth-order valence-electron chi connectivity index (χ4n) is 2.12. The maximum absolute atomic E-state index is 1.50. The van der Waals surface area contributed by atoms with Gasteiger partial charge in [0.05, 0.1) is 0 Å². The predicted molar refractivity (Wildman–Crippen MR) is 81.2 cm³/mol. The molecule has 0 N–H and O–H groups in total. The summed E-state index contributed by atoms with van der Waals surface area (Å²) in [4.78, 5) is 0. The fraction of sp³-hybridized carbons (Fsp3) is 1.00. The van der Waals surface area contributed by atoms with Crippen LogP contribution in [0.15, 0.2) is 0 Å². The zero-order valence-corrected chi connectivity index (χ0v) is 10.9. The largest absolute Gasteiger partial charge is 0.147 e. The van der Waals surface area contributed by atoms with E-state index in [2.05, 4.69) is 0 Å². The molecule has 96 valence electrons. The molecular formula is C12H30Cl2Si. The molecule has 0 unspecified atom stereocenters. The summed E-state index contributed by atoms with van der Waals surface area (Å²) in [5, 5.41) is 0. The normalized spacial score (nSPS) is 19.2. The van der Waals surface area contributed by atoms with Gasteiger partial charge in [0.15, 0.2) is 0 Å². The molecule has 0 atom stereocenters. The van der Waals surface area contributed by atoms with E-state index in [0.717, 1.165) is 0 Å². The molecule has 0 bridgehead atoms. The Labute approximate surface area is 113 Å². The maximum atomic E-state index is 1.50. The first-order chi connectivity index (χ1) is 6.00. The summed E-state index contributed by atoms with van der Waals surface area (Å²) in [5.41, 5.74) is 0. The molecule has 0 radical (unpaired) electrons. The number of halogens is 2. The topological polar surface area (TPSA) is 0 Å². The number of hydrogen-bond donors (Lipinski definition) is 0. The Hall–Kier alpha value is 0.797. The summed E-state index contributed by atoms with van der Waals surface area (Å²) in [5.74, 6) is 0. The fourth-order valence-corrected chi connectivity index (χ4v) is 2.12. The highest BCUT2D eigenvalue weighted by atomic mass is 35.5. The van der Waals surface area contributed by atoms with Crippen LogP contribution < -0.4 is 0 Å². The van der Waals surface area contributed by atoms with E-state index in [1.807, 2.05) is 0 Å². The van der Waals surface area contributed by atoms with Crippen LogP contribution in [-0.4, -0.2) is 11.0 Å². The third-order valence-corrected chi connectivity index (χ3v) is 3.00. The van der Waals surface area contributed by atoms with Crippen LogP contribution in [0.2, 0.25) is 0 Å². The van der Waals surface area contributed by atoms with E-state index in [1.165, 1.54) is 77.0 Å². The third kappa shape index (κ3) is 14.8. The lowest BCUT2D eigenvalue weighted by molar-refractivity contribution is 0.504. The van der Waals surface area contributed by atoms with Gasteiger partial charge in [0.1, 0.15) is 0 Å². The van der Waals surface area contributed by atoms with Crippen LogP contribution >= 0.6 is 24.8 Å². The van der Waals surface area contributed by atoms with Crippen molar-refractivity contribution < 1.29 is 0 Å². The van der Waals surface area contributed by atoms with Crippen molar-refractivity contribution in [1.29, 1.82) is 0 Å². The molecule has 2 aliphatic carbocycles. The molecule has 2 rings (SSSR count). The average Bonchev–Trinajstić information content (AvgIpc) is 2.24.